The van der Waals surface area contributed by atoms with E-state index in [0.29, 0.717) is 13.1 Å². The third-order valence-electron chi connectivity index (χ3n) is 8.24. The van der Waals surface area contributed by atoms with E-state index in [1.54, 1.807) is 0 Å². The summed E-state index contributed by atoms with van der Waals surface area (Å²) in [5, 5.41) is 20.4. The van der Waals surface area contributed by atoms with Crippen LogP contribution in [0.25, 0.3) is 0 Å². The van der Waals surface area contributed by atoms with E-state index >= 15 is 0 Å². The van der Waals surface area contributed by atoms with Gasteiger partial charge < -0.3 is 0 Å². The van der Waals surface area contributed by atoms with Gasteiger partial charge in [0.1, 0.15) is 13.1 Å². The first kappa shape index (κ1) is 36.9. The summed E-state index contributed by atoms with van der Waals surface area (Å²) in [7, 11) is 0. The van der Waals surface area contributed by atoms with Crippen LogP contribution in [0, 0.1) is 0 Å². The summed E-state index contributed by atoms with van der Waals surface area (Å²) >= 11 is 0. The van der Waals surface area contributed by atoms with E-state index in [4.69, 9.17) is 0 Å². The Kier molecular flexibility index (Phi) is 30.3. The second kappa shape index (κ2) is 30.4. The van der Waals surface area contributed by atoms with E-state index in [2.05, 4.69) is 13.8 Å². The predicted octanol–water partition coefficient (Wildman–Crippen LogP) is 12.3. The fourth-order valence-corrected chi connectivity index (χ4v) is 5.58. The maximum Gasteiger partial charge on any atom is 0.142 e. The van der Waals surface area contributed by atoms with Crippen molar-refractivity contribution in [3.8, 4) is 0 Å². The Balaban J connectivity index is 3.27. The molecule has 3 heteroatoms. The van der Waals surface area contributed by atoms with Crippen molar-refractivity contribution in [3.05, 3.63) is 0 Å². The summed E-state index contributed by atoms with van der Waals surface area (Å²) in [5.74, 6) is 0. The SMILES string of the molecule is CCCCCCCCCCCCCCCCCC[N+](O)(O)CCCCCCCCCCCCCCCC. The van der Waals surface area contributed by atoms with Crippen LogP contribution in [0.15, 0.2) is 0 Å². The minimum Gasteiger partial charge on any atom is -0.182 e. The van der Waals surface area contributed by atoms with Crippen molar-refractivity contribution in [3.63, 3.8) is 0 Å². The van der Waals surface area contributed by atoms with Crippen molar-refractivity contribution in [2.45, 2.75) is 206 Å². The molecule has 0 radical (unpaired) electrons. The normalized spacial score (nSPS) is 12.0. The van der Waals surface area contributed by atoms with E-state index in [-0.39, 0.29) is 0 Å². The summed E-state index contributed by atoms with van der Waals surface area (Å²) < 4.78 is 0. The van der Waals surface area contributed by atoms with Crippen LogP contribution in [0.4, 0.5) is 0 Å². The van der Waals surface area contributed by atoms with Gasteiger partial charge in [-0.1, -0.05) is 181 Å². The fraction of sp³-hybridized carbons (Fsp3) is 1.00. The van der Waals surface area contributed by atoms with Crippen molar-refractivity contribution in [2.75, 3.05) is 13.1 Å². The molecule has 3 nitrogen and oxygen atoms in total. The molecule has 37 heavy (non-hydrogen) atoms. The second-order valence-electron chi connectivity index (χ2n) is 12.2. The number of quaternary nitrogens is 1. The zero-order valence-electron chi connectivity index (χ0n) is 26.0. The molecule has 0 aromatic carbocycles. The molecule has 0 aliphatic rings. The van der Waals surface area contributed by atoms with E-state index in [0.717, 1.165) is 25.7 Å². The highest BCUT2D eigenvalue weighted by Gasteiger charge is 2.21. The average molecular weight is 527 g/mol. The van der Waals surface area contributed by atoms with Crippen molar-refractivity contribution < 1.29 is 15.2 Å². The quantitative estimate of drug-likeness (QED) is 0.0519. The van der Waals surface area contributed by atoms with Gasteiger partial charge in [0.05, 0.1) is 0 Å². The Labute approximate surface area is 234 Å². The molecule has 0 aromatic heterocycles. The van der Waals surface area contributed by atoms with Gasteiger partial charge >= 0.3 is 0 Å². The van der Waals surface area contributed by atoms with Crippen molar-refractivity contribution >= 4 is 0 Å². The lowest BCUT2D eigenvalue weighted by Crippen LogP contribution is -2.42. The maximum atomic E-state index is 10.2. The van der Waals surface area contributed by atoms with Gasteiger partial charge in [0, 0.05) is 12.8 Å². The Bertz CT molecular complexity index is 413. The highest BCUT2D eigenvalue weighted by Crippen LogP contribution is 2.16. The van der Waals surface area contributed by atoms with Crippen molar-refractivity contribution in [1.82, 2.24) is 0 Å². The number of hydrogen-bond acceptors (Lipinski definition) is 2. The highest BCUT2D eigenvalue weighted by molar-refractivity contribution is 4.51. The lowest BCUT2D eigenvalue weighted by molar-refractivity contribution is -1.24. The number of unbranched alkanes of at least 4 members (excludes halogenated alkanes) is 28. The number of hydrogen-bond donors (Lipinski definition) is 2. The van der Waals surface area contributed by atoms with Crippen LogP contribution in [0.2, 0.25) is 0 Å². The van der Waals surface area contributed by atoms with Crippen molar-refractivity contribution in [2.24, 2.45) is 0 Å². The second-order valence-corrected chi connectivity index (χ2v) is 12.2. The number of rotatable bonds is 32. The molecule has 0 aliphatic heterocycles. The number of hydroxylamine groups is 4. The summed E-state index contributed by atoms with van der Waals surface area (Å²) in [5.41, 5.74) is 0. The van der Waals surface area contributed by atoms with Gasteiger partial charge in [-0.3, -0.25) is 0 Å². The van der Waals surface area contributed by atoms with Crippen LogP contribution in [0.5, 0.6) is 0 Å². The molecule has 224 valence electrons. The van der Waals surface area contributed by atoms with Crippen LogP contribution in [0.3, 0.4) is 0 Å². The van der Waals surface area contributed by atoms with E-state index < -0.39 is 4.81 Å². The number of nitrogens with zero attached hydrogens (tertiary/aromatic N) is 1. The minimum atomic E-state index is -0.753. The molecule has 0 amide bonds. The van der Waals surface area contributed by atoms with Gasteiger partial charge in [-0.05, 0) is 17.7 Å². The van der Waals surface area contributed by atoms with Crippen LogP contribution in [-0.4, -0.2) is 28.3 Å². The van der Waals surface area contributed by atoms with E-state index in [1.807, 2.05) is 0 Å². The average Bonchev–Trinajstić information content (AvgIpc) is 2.88. The largest absolute Gasteiger partial charge is 0.182 e. The van der Waals surface area contributed by atoms with Gasteiger partial charge in [-0.25, -0.2) is 0 Å². The van der Waals surface area contributed by atoms with Crippen LogP contribution in [-0.2, 0) is 0 Å². The molecule has 0 heterocycles. The third-order valence-corrected chi connectivity index (χ3v) is 8.24. The third kappa shape index (κ3) is 32.0. The molecule has 2 N–H and O–H groups in total. The van der Waals surface area contributed by atoms with E-state index in [1.165, 1.54) is 167 Å². The summed E-state index contributed by atoms with van der Waals surface area (Å²) in [6.45, 7) is 5.56. The zero-order chi connectivity index (χ0) is 27.1. The van der Waals surface area contributed by atoms with Crippen LogP contribution < -0.4 is 0 Å². The standard InChI is InChI=1S/C34H72NO2/c1-3-5-7-9-11-13-15-17-19-20-22-24-26-28-30-32-34-35(36,37)33-31-29-27-25-23-21-18-16-14-12-10-8-6-4-2/h36-37H,3-34H2,1-2H3/q+1. The predicted molar refractivity (Wildman–Crippen MR) is 163 cm³/mol. The first-order valence-electron chi connectivity index (χ1n) is 17.4. The van der Waals surface area contributed by atoms with Gasteiger partial charge in [0.2, 0.25) is 0 Å². The molecule has 0 spiro atoms. The summed E-state index contributed by atoms with van der Waals surface area (Å²) in [4.78, 5) is -0.753. The molecule has 0 saturated carbocycles. The molecule has 0 rings (SSSR count). The molecular formula is C34H72NO2+. The molecule has 0 atom stereocenters. The van der Waals surface area contributed by atoms with Gasteiger partial charge in [0.25, 0.3) is 0 Å². The van der Waals surface area contributed by atoms with Gasteiger partial charge in [-0.2, -0.15) is 10.4 Å². The van der Waals surface area contributed by atoms with Crippen LogP contribution >= 0.6 is 0 Å². The Morgan fingerprint density at radius 1 is 0.270 bits per heavy atom. The molecule has 0 aromatic rings. The smallest absolute Gasteiger partial charge is 0.142 e. The Morgan fingerprint density at radius 2 is 0.432 bits per heavy atom. The monoisotopic (exact) mass is 527 g/mol. The topological polar surface area (TPSA) is 40.5 Å². The lowest BCUT2D eigenvalue weighted by Gasteiger charge is -2.21. The summed E-state index contributed by atoms with van der Waals surface area (Å²) in [6.07, 6.45) is 40.3. The Morgan fingerprint density at radius 3 is 0.622 bits per heavy atom. The van der Waals surface area contributed by atoms with Gasteiger partial charge in [-0.15, -0.1) is 0 Å². The Hall–Kier alpha value is -0.120. The molecular weight excluding hydrogens is 454 g/mol. The molecule has 0 bridgehead atoms. The van der Waals surface area contributed by atoms with E-state index in [9.17, 15) is 10.4 Å². The van der Waals surface area contributed by atoms with Gasteiger partial charge in [0.15, 0.2) is 0 Å². The fourth-order valence-electron chi connectivity index (χ4n) is 5.58. The zero-order valence-corrected chi connectivity index (χ0v) is 26.0. The molecule has 0 fully saturated rings. The molecule has 0 aliphatic carbocycles. The highest BCUT2D eigenvalue weighted by atomic mass is 16.8. The molecule has 0 saturated heterocycles. The van der Waals surface area contributed by atoms with Crippen molar-refractivity contribution in [1.29, 1.82) is 0 Å². The maximum absolute atomic E-state index is 10.2. The summed E-state index contributed by atoms with van der Waals surface area (Å²) in [6, 6.07) is 0. The first-order chi connectivity index (χ1) is 18.1. The first-order valence-corrected chi connectivity index (χ1v) is 17.4. The molecule has 0 unspecified atom stereocenters. The van der Waals surface area contributed by atoms with Crippen LogP contribution in [0.1, 0.15) is 206 Å². The minimum absolute atomic E-state index is 0.497. The lowest BCUT2D eigenvalue weighted by atomic mass is 10.0.